The molecular weight excluding hydrogens is 853 g/mol. The van der Waals surface area contributed by atoms with E-state index in [4.69, 9.17) is 34.8 Å². The number of aliphatic hydroxyl groups is 3. The number of methoxy groups -OCH3 is 2. The molecule has 0 spiro atoms. The van der Waals surface area contributed by atoms with Crippen LogP contribution in [0.1, 0.15) is 112 Å². The number of carbonyl (C=O) groups excluding carboxylic acids is 5. The molecule has 2 amide bonds. The quantitative estimate of drug-likeness (QED) is 0.0708. The maximum atomic E-state index is 14.5. The lowest BCUT2D eigenvalue weighted by Crippen LogP contribution is -2.64. The molecule has 370 valence electrons. The van der Waals surface area contributed by atoms with Crippen LogP contribution in [0.5, 0.6) is 0 Å². The summed E-state index contributed by atoms with van der Waals surface area (Å²) in [5, 5.41) is 41.1. The fraction of sp³-hybridized carbons (Fsp3) is 0.755. The Hall–Kier alpha value is -4.00. The number of amides is 2. The lowest BCUT2D eigenvalue weighted by molar-refractivity contribution is -0.302. The molecule has 0 aromatic heterocycles. The summed E-state index contributed by atoms with van der Waals surface area (Å²) in [5.41, 5.74) is 7.12. The lowest BCUT2D eigenvalue weighted by atomic mass is 9.82. The number of nitrogens with one attached hydrogen (secondary N) is 1. The van der Waals surface area contributed by atoms with Crippen LogP contribution < -0.4 is 5.73 Å². The number of rotatable bonds is 9. The molecule has 5 rings (SSSR count). The minimum Gasteiger partial charge on any atom is -0.456 e. The highest BCUT2D eigenvalue weighted by Crippen LogP contribution is 2.39. The molecule has 4 heterocycles. The molecule has 2 bridgehead atoms. The molecule has 17 nitrogen and oxygen atoms in total. The standard InChI is InChI=1S/C49H76N4O13/c1-28-20-29(2)22-40(62-6)43-41(63-7)24-31(4)49(61,66-43)44(57)46(58)53-18-10-8-13-37(53)47(59)65-42(32(5)38(55)25-39(56)34(21-28)12-9-11-19-54)30(3)23-33-14-16-36(17-15-33)64-48(60)52-26-35(27-52)45(50)51/h9,11,21,23,29,31-38,40-43,54-55,61H,8,10,12-20,22,24-27H2,1-7H3,(H3,50,51)/b11-9+,28-21+,30-23+/t29-,31+,32+,33-,34+,36-,37-,38-,40-,41-,42+,43+,49+/m0/s1. The molecule has 6 N–H and O–H groups in total. The normalized spacial score (nSPS) is 37.2. The van der Waals surface area contributed by atoms with Gasteiger partial charge in [-0.05, 0) is 102 Å². The van der Waals surface area contributed by atoms with Crippen molar-refractivity contribution >= 4 is 35.4 Å². The van der Waals surface area contributed by atoms with Crippen LogP contribution in [0.2, 0.25) is 0 Å². The molecule has 1 saturated carbocycles. The van der Waals surface area contributed by atoms with Gasteiger partial charge in [-0.1, -0.05) is 50.6 Å². The molecule has 0 aromatic rings. The number of allylic oxidation sites excluding steroid dienone is 4. The fourth-order valence-electron chi connectivity index (χ4n) is 10.4. The average molecular weight is 929 g/mol. The Bertz CT molecular complexity index is 1820. The van der Waals surface area contributed by atoms with Gasteiger partial charge in [0.05, 0.1) is 36.7 Å². The first-order valence-corrected chi connectivity index (χ1v) is 23.9. The third-order valence-electron chi connectivity index (χ3n) is 14.6. The Balaban J connectivity index is 1.46. The number of hydrogen-bond donors (Lipinski definition) is 5. The summed E-state index contributed by atoms with van der Waals surface area (Å²) in [7, 11) is 3.03. The van der Waals surface area contributed by atoms with E-state index in [1.165, 1.54) is 24.0 Å². The Morgan fingerprint density at radius 1 is 0.985 bits per heavy atom. The van der Waals surface area contributed by atoms with E-state index in [0.29, 0.717) is 76.5 Å². The zero-order chi connectivity index (χ0) is 48.5. The van der Waals surface area contributed by atoms with Gasteiger partial charge in [-0.25, -0.2) is 9.59 Å². The van der Waals surface area contributed by atoms with Crippen LogP contribution in [0, 0.1) is 40.9 Å². The monoisotopic (exact) mass is 929 g/mol. The number of nitrogens with zero attached hydrogens (tertiary/aromatic N) is 2. The van der Waals surface area contributed by atoms with Gasteiger partial charge in [0.25, 0.3) is 11.7 Å². The Morgan fingerprint density at radius 3 is 2.29 bits per heavy atom. The second kappa shape index (κ2) is 23.8. The number of amidine groups is 1. The first-order valence-electron chi connectivity index (χ1n) is 23.9. The van der Waals surface area contributed by atoms with Crippen molar-refractivity contribution in [1.82, 2.24) is 9.80 Å². The third-order valence-corrected chi connectivity index (χ3v) is 14.6. The van der Waals surface area contributed by atoms with Crippen molar-refractivity contribution in [1.29, 1.82) is 5.41 Å². The van der Waals surface area contributed by atoms with Gasteiger partial charge in [0.2, 0.25) is 5.79 Å². The van der Waals surface area contributed by atoms with Gasteiger partial charge >= 0.3 is 12.1 Å². The Kier molecular flexibility index (Phi) is 19.1. The van der Waals surface area contributed by atoms with Gasteiger partial charge in [0, 0.05) is 58.0 Å². The molecule has 4 fully saturated rings. The maximum Gasteiger partial charge on any atom is 0.410 e. The Morgan fingerprint density at radius 2 is 1.65 bits per heavy atom. The highest BCUT2D eigenvalue weighted by Gasteiger charge is 2.56. The summed E-state index contributed by atoms with van der Waals surface area (Å²) in [5.74, 6) is -8.20. The molecule has 1 aliphatic carbocycles. The smallest absolute Gasteiger partial charge is 0.410 e. The molecule has 66 heavy (non-hydrogen) atoms. The van der Waals surface area contributed by atoms with Crippen molar-refractivity contribution < 1.29 is 63.0 Å². The number of cyclic esters (lactones) is 1. The van der Waals surface area contributed by atoms with Crippen LogP contribution in [0.15, 0.2) is 35.5 Å². The SMILES string of the molecule is CO[C@H]1C[C@@H](C)C/C(C)=C/[C@@H](C/C=C/CO)C(=O)C[C@H](O)[C@@H](C)[C@@H](/C(C)=C/[C@H]2CC[C@H](OC(=O)N3CC(C(=N)N)C3)CC2)OC(=O)[C@@H]2CCCCN2C(=O)C(=O)[C@]2(O)O[C@H]1[C@@H](OC)C[C@H]2C. The van der Waals surface area contributed by atoms with Crippen LogP contribution in [-0.4, -0.2) is 149 Å². The lowest BCUT2D eigenvalue weighted by Gasteiger charge is -2.47. The summed E-state index contributed by atoms with van der Waals surface area (Å²) in [4.78, 5) is 72.7. The van der Waals surface area contributed by atoms with Crippen LogP contribution in [0.25, 0.3) is 0 Å². The van der Waals surface area contributed by atoms with E-state index in [1.54, 1.807) is 26.0 Å². The predicted octanol–water partition coefficient (Wildman–Crippen LogP) is 4.39. The van der Waals surface area contributed by atoms with Crippen molar-refractivity contribution in [2.75, 3.05) is 40.5 Å². The van der Waals surface area contributed by atoms with Gasteiger partial charge < -0.3 is 54.5 Å². The Labute approximate surface area is 389 Å². The van der Waals surface area contributed by atoms with E-state index in [0.717, 1.165) is 5.57 Å². The second-order valence-corrected chi connectivity index (χ2v) is 19.7. The van der Waals surface area contributed by atoms with E-state index in [9.17, 15) is 39.3 Å². The van der Waals surface area contributed by atoms with Crippen LogP contribution in [-0.2, 0) is 42.9 Å². The minimum atomic E-state index is -2.54. The van der Waals surface area contributed by atoms with E-state index < -0.39 is 83.9 Å². The number of Topliss-reactive ketones (excluding diaryl/α,β-unsaturated/α-hetero) is 2. The van der Waals surface area contributed by atoms with Crippen LogP contribution in [0.3, 0.4) is 0 Å². The molecule has 0 unspecified atom stereocenters. The second-order valence-electron chi connectivity index (χ2n) is 19.7. The van der Waals surface area contributed by atoms with Crippen molar-refractivity contribution in [3.8, 4) is 0 Å². The summed E-state index contributed by atoms with van der Waals surface area (Å²) in [6.07, 6.45) is 7.03. The number of carbonyl (C=O) groups is 5. The van der Waals surface area contributed by atoms with E-state index >= 15 is 0 Å². The van der Waals surface area contributed by atoms with Crippen molar-refractivity contribution in [2.45, 2.75) is 160 Å². The number of ketones is 2. The first kappa shape index (κ1) is 53.0. The molecule has 3 saturated heterocycles. The summed E-state index contributed by atoms with van der Waals surface area (Å²) in [6.45, 7) is 9.68. The minimum absolute atomic E-state index is 0.0157. The molecular formula is C49H76N4O13. The fourth-order valence-corrected chi connectivity index (χ4v) is 10.4. The summed E-state index contributed by atoms with van der Waals surface area (Å²) in [6, 6.07) is -1.18. The highest BCUT2D eigenvalue weighted by molar-refractivity contribution is 6.39. The molecule has 11 atom stereocenters. The number of aliphatic hydroxyl groups excluding tert-OH is 2. The molecule has 0 radical (unpaired) electrons. The first-order chi connectivity index (χ1) is 31.3. The third kappa shape index (κ3) is 12.9. The number of hydrogen-bond acceptors (Lipinski definition) is 14. The van der Waals surface area contributed by atoms with Gasteiger partial charge in [0.1, 0.15) is 30.1 Å². The van der Waals surface area contributed by atoms with E-state index in [1.807, 2.05) is 32.9 Å². The van der Waals surface area contributed by atoms with Crippen molar-refractivity contribution in [3.63, 3.8) is 0 Å². The van der Waals surface area contributed by atoms with Crippen molar-refractivity contribution in [2.24, 2.45) is 41.2 Å². The van der Waals surface area contributed by atoms with Crippen LogP contribution >= 0.6 is 0 Å². The zero-order valence-corrected chi connectivity index (χ0v) is 40.0. The largest absolute Gasteiger partial charge is 0.456 e. The predicted molar refractivity (Wildman–Crippen MR) is 244 cm³/mol. The van der Waals surface area contributed by atoms with Gasteiger partial charge in [0.15, 0.2) is 0 Å². The highest BCUT2D eigenvalue weighted by atomic mass is 16.7. The summed E-state index contributed by atoms with van der Waals surface area (Å²) < 4.78 is 30.1. The molecule has 4 aliphatic heterocycles. The number of piperidine rings is 1. The number of ether oxygens (including phenoxy) is 5. The van der Waals surface area contributed by atoms with Gasteiger partial charge in [-0.2, -0.15) is 0 Å². The number of nitrogens with two attached hydrogens (primary N) is 1. The topological polar surface area (TPSA) is 249 Å². The maximum absolute atomic E-state index is 14.5. The van der Waals surface area contributed by atoms with Gasteiger partial charge in [-0.3, -0.25) is 19.8 Å². The summed E-state index contributed by atoms with van der Waals surface area (Å²) >= 11 is 0. The molecule has 5 aliphatic rings. The number of fused-ring (bicyclic) bond motifs is 3. The van der Waals surface area contributed by atoms with E-state index in [-0.39, 0.29) is 67.9 Å². The zero-order valence-electron chi connectivity index (χ0n) is 40.0. The van der Waals surface area contributed by atoms with Crippen molar-refractivity contribution in [3.05, 3.63) is 35.5 Å². The number of esters is 1. The van der Waals surface area contributed by atoms with Gasteiger partial charge in [-0.15, -0.1) is 0 Å². The molecule has 0 aromatic carbocycles. The number of likely N-dealkylation sites (tertiary alicyclic amines) is 1. The average Bonchev–Trinajstić information content (AvgIpc) is 3.26. The van der Waals surface area contributed by atoms with Crippen LogP contribution in [0.4, 0.5) is 4.79 Å². The van der Waals surface area contributed by atoms with E-state index in [2.05, 4.69) is 0 Å². The molecule has 17 heteroatoms.